The van der Waals surface area contributed by atoms with E-state index < -0.39 is 0 Å². The molecule has 166 valence electrons. The Hall–Kier alpha value is -2.24. The lowest BCUT2D eigenvalue weighted by molar-refractivity contribution is -0.116. The summed E-state index contributed by atoms with van der Waals surface area (Å²) in [4.78, 5) is 16.5. The molecule has 0 saturated carbocycles. The molecule has 0 aromatic heterocycles. The maximum atomic E-state index is 11.6. The largest absolute Gasteiger partial charge is 0.494 e. The van der Waals surface area contributed by atoms with Crippen molar-refractivity contribution in [3.63, 3.8) is 0 Å². The number of anilines is 2. The molecule has 6 heteroatoms. The van der Waals surface area contributed by atoms with Crippen LogP contribution in [0.5, 0.6) is 5.75 Å². The summed E-state index contributed by atoms with van der Waals surface area (Å²) in [6.07, 6.45) is 4.49. The highest BCUT2D eigenvalue weighted by molar-refractivity contribution is 6.34. The van der Waals surface area contributed by atoms with E-state index in [4.69, 9.17) is 16.3 Å². The van der Waals surface area contributed by atoms with Gasteiger partial charge in [0.2, 0.25) is 5.91 Å². The predicted octanol–water partition coefficient (Wildman–Crippen LogP) is 4.77. The standard InChI is InChI=1S/C25H32ClN3O2/c1-2-19-6-5-7-23(25(19)26)29-15-13-28(14-16-29)12-3-4-17-31-21-10-8-20-9-11-24(30)27-22(20)18-21/h5-8,10,18H,2-4,9,11-17H2,1H3,(H,27,30). The minimum atomic E-state index is 0.0880. The van der Waals surface area contributed by atoms with Crippen LogP contribution in [0, 0.1) is 0 Å². The van der Waals surface area contributed by atoms with Gasteiger partial charge in [-0.15, -0.1) is 0 Å². The van der Waals surface area contributed by atoms with Gasteiger partial charge in [-0.2, -0.15) is 0 Å². The molecule has 4 rings (SSSR count). The summed E-state index contributed by atoms with van der Waals surface area (Å²) in [5.41, 5.74) is 4.49. The summed E-state index contributed by atoms with van der Waals surface area (Å²) < 4.78 is 5.91. The number of aryl methyl sites for hydroxylation is 2. The lowest BCUT2D eigenvalue weighted by Crippen LogP contribution is -2.46. The number of piperazine rings is 1. The number of nitrogens with one attached hydrogen (secondary N) is 1. The van der Waals surface area contributed by atoms with Gasteiger partial charge in [-0.05, 0) is 55.5 Å². The van der Waals surface area contributed by atoms with Gasteiger partial charge >= 0.3 is 0 Å². The van der Waals surface area contributed by atoms with Crippen LogP contribution in [0.3, 0.4) is 0 Å². The average molecular weight is 442 g/mol. The molecule has 1 N–H and O–H groups in total. The van der Waals surface area contributed by atoms with E-state index in [0.29, 0.717) is 13.0 Å². The molecule has 0 atom stereocenters. The zero-order valence-corrected chi connectivity index (χ0v) is 19.1. The number of benzene rings is 2. The van der Waals surface area contributed by atoms with Crippen LogP contribution in [-0.4, -0.2) is 50.1 Å². The lowest BCUT2D eigenvalue weighted by Gasteiger charge is -2.36. The average Bonchev–Trinajstić information content (AvgIpc) is 2.79. The Labute approximate surface area is 190 Å². The first kappa shape index (κ1) is 22.0. The minimum absolute atomic E-state index is 0.0880. The second-order valence-corrected chi connectivity index (χ2v) is 8.73. The summed E-state index contributed by atoms with van der Waals surface area (Å²) in [5.74, 6) is 0.922. The van der Waals surface area contributed by atoms with Crippen LogP contribution in [0.25, 0.3) is 0 Å². The maximum absolute atomic E-state index is 11.6. The van der Waals surface area contributed by atoms with E-state index in [1.807, 2.05) is 12.1 Å². The SMILES string of the molecule is CCc1cccc(N2CCN(CCCCOc3ccc4c(c3)NC(=O)CC4)CC2)c1Cl. The first-order valence-corrected chi connectivity index (χ1v) is 11.8. The van der Waals surface area contributed by atoms with Crippen LogP contribution in [0.2, 0.25) is 5.02 Å². The van der Waals surface area contributed by atoms with Crippen LogP contribution in [0.15, 0.2) is 36.4 Å². The molecule has 0 bridgehead atoms. The van der Waals surface area contributed by atoms with Crippen molar-refractivity contribution in [3.05, 3.63) is 52.5 Å². The molecule has 1 fully saturated rings. The Morgan fingerprint density at radius 2 is 1.90 bits per heavy atom. The molecule has 2 aromatic rings. The monoisotopic (exact) mass is 441 g/mol. The Morgan fingerprint density at radius 1 is 1.06 bits per heavy atom. The highest BCUT2D eigenvalue weighted by Crippen LogP contribution is 2.30. The summed E-state index contributed by atoms with van der Waals surface area (Å²) in [6, 6.07) is 12.4. The van der Waals surface area contributed by atoms with Gasteiger partial charge in [0.25, 0.3) is 0 Å². The highest BCUT2D eigenvalue weighted by Gasteiger charge is 2.19. The second kappa shape index (κ2) is 10.4. The van der Waals surface area contributed by atoms with Crippen LogP contribution in [0.4, 0.5) is 11.4 Å². The number of unbranched alkanes of at least 4 members (excludes halogenated alkanes) is 1. The molecule has 2 aromatic carbocycles. The van der Waals surface area contributed by atoms with E-state index in [9.17, 15) is 4.79 Å². The second-order valence-electron chi connectivity index (χ2n) is 8.36. The molecule has 0 spiro atoms. The number of ether oxygens (including phenoxy) is 1. The third kappa shape index (κ3) is 5.52. The molecule has 31 heavy (non-hydrogen) atoms. The third-order valence-corrected chi connectivity index (χ3v) is 6.70. The number of nitrogens with zero attached hydrogens (tertiary/aromatic N) is 2. The van der Waals surface area contributed by atoms with Crippen molar-refractivity contribution >= 4 is 28.9 Å². The van der Waals surface area contributed by atoms with Gasteiger partial charge in [-0.25, -0.2) is 0 Å². The van der Waals surface area contributed by atoms with Gasteiger partial charge in [-0.3, -0.25) is 9.69 Å². The third-order valence-electron chi connectivity index (χ3n) is 6.27. The quantitative estimate of drug-likeness (QED) is 0.599. The van der Waals surface area contributed by atoms with E-state index in [1.165, 1.54) is 16.8 Å². The molecule has 2 heterocycles. The molecular weight excluding hydrogens is 410 g/mol. The Morgan fingerprint density at radius 3 is 2.71 bits per heavy atom. The van der Waals surface area contributed by atoms with Crippen molar-refractivity contribution < 1.29 is 9.53 Å². The molecule has 1 amide bonds. The van der Waals surface area contributed by atoms with E-state index in [1.54, 1.807) is 0 Å². The Kier molecular flexibility index (Phi) is 7.36. The molecule has 5 nitrogen and oxygen atoms in total. The highest BCUT2D eigenvalue weighted by atomic mass is 35.5. The van der Waals surface area contributed by atoms with Crippen molar-refractivity contribution in [2.45, 2.75) is 39.0 Å². The van der Waals surface area contributed by atoms with Crippen LogP contribution < -0.4 is 15.0 Å². The normalized spacial score (nSPS) is 16.7. The van der Waals surface area contributed by atoms with Gasteiger partial charge in [-0.1, -0.05) is 36.7 Å². The number of fused-ring (bicyclic) bond motifs is 1. The summed E-state index contributed by atoms with van der Waals surface area (Å²) in [5, 5.41) is 3.85. The Bertz CT molecular complexity index is 910. The number of carbonyl (C=O) groups is 1. The van der Waals surface area contributed by atoms with Crippen LogP contribution >= 0.6 is 11.6 Å². The van der Waals surface area contributed by atoms with Crippen molar-refractivity contribution in [1.82, 2.24) is 4.90 Å². The number of halogens is 1. The number of hydrogen-bond acceptors (Lipinski definition) is 4. The number of amides is 1. The zero-order chi connectivity index (χ0) is 21.6. The first-order chi connectivity index (χ1) is 15.1. The molecule has 0 unspecified atom stereocenters. The van der Waals surface area contributed by atoms with Gasteiger partial charge in [0, 0.05) is 44.4 Å². The molecule has 2 aliphatic rings. The Balaban J connectivity index is 1.16. The summed E-state index contributed by atoms with van der Waals surface area (Å²) >= 11 is 6.60. The van der Waals surface area contributed by atoms with Crippen molar-refractivity contribution in [1.29, 1.82) is 0 Å². The predicted molar refractivity (Wildman–Crippen MR) is 128 cm³/mol. The topological polar surface area (TPSA) is 44.8 Å². The van der Waals surface area contributed by atoms with Crippen LogP contribution in [-0.2, 0) is 17.6 Å². The smallest absolute Gasteiger partial charge is 0.224 e. The fourth-order valence-corrected chi connectivity index (χ4v) is 4.74. The fourth-order valence-electron chi connectivity index (χ4n) is 4.36. The molecular formula is C25H32ClN3O2. The van der Waals surface area contributed by atoms with Crippen molar-refractivity contribution in [2.75, 3.05) is 49.5 Å². The number of rotatable bonds is 8. The van der Waals surface area contributed by atoms with E-state index in [2.05, 4.69) is 46.3 Å². The first-order valence-electron chi connectivity index (χ1n) is 11.4. The number of carbonyl (C=O) groups excluding carboxylic acids is 1. The van der Waals surface area contributed by atoms with E-state index in [0.717, 1.165) is 74.9 Å². The van der Waals surface area contributed by atoms with Gasteiger partial charge in [0.05, 0.1) is 17.3 Å². The van der Waals surface area contributed by atoms with E-state index in [-0.39, 0.29) is 5.91 Å². The molecule has 0 aliphatic carbocycles. The van der Waals surface area contributed by atoms with Gasteiger partial charge in [0.1, 0.15) is 5.75 Å². The van der Waals surface area contributed by atoms with E-state index >= 15 is 0 Å². The molecule has 2 aliphatic heterocycles. The number of hydrogen-bond donors (Lipinski definition) is 1. The lowest BCUT2D eigenvalue weighted by atomic mass is 10.0. The maximum Gasteiger partial charge on any atom is 0.224 e. The minimum Gasteiger partial charge on any atom is -0.494 e. The zero-order valence-electron chi connectivity index (χ0n) is 18.3. The van der Waals surface area contributed by atoms with Crippen molar-refractivity contribution in [3.8, 4) is 5.75 Å². The van der Waals surface area contributed by atoms with Crippen LogP contribution in [0.1, 0.15) is 37.3 Å². The van der Waals surface area contributed by atoms with Crippen molar-refractivity contribution in [2.24, 2.45) is 0 Å². The fraction of sp³-hybridized carbons (Fsp3) is 0.480. The molecule has 0 radical (unpaired) electrons. The summed E-state index contributed by atoms with van der Waals surface area (Å²) in [6.45, 7) is 8.12. The molecule has 1 saturated heterocycles. The summed E-state index contributed by atoms with van der Waals surface area (Å²) in [7, 11) is 0. The van der Waals surface area contributed by atoms with Gasteiger partial charge in [0.15, 0.2) is 0 Å². The van der Waals surface area contributed by atoms with Gasteiger partial charge < -0.3 is 15.0 Å².